The number of aromatic nitrogens is 1. The molecule has 1 saturated heterocycles. The van der Waals surface area contributed by atoms with Gasteiger partial charge in [0.15, 0.2) is 5.69 Å². The molecular weight excluding hydrogens is 302 g/mol. The van der Waals surface area contributed by atoms with Gasteiger partial charge in [0.25, 0.3) is 5.91 Å². The van der Waals surface area contributed by atoms with Crippen LogP contribution in [0.4, 0.5) is 5.69 Å². The van der Waals surface area contributed by atoms with E-state index >= 15 is 0 Å². The number of nitrogens with zero attached hydrogens (tertiary/aromatic N) is 2. The van der Waals surface area contributed by atoms with Crippen LogP contribution in [-0.2, 0) is 0 Å². The van der Waals surface area contributed by atoms with Crippen molar-refractivity contribution >= 4 is 23.2 Å². The molecule has 0 bridgehead atoms. The van der Waals surface area contributed by atoms with Gasteiger partial charge in [-0.1, -0.05) is 22.8 Å². The van der Waals surface area contributed by atoms with E-state index in [-0.39, 0.29) is 5.91 Å². The fourth-order valence-electron chi connectivity index (χ4n) is 2.80. The molecule has 0 aliphatic carbocycles. The minimum absolute atomic E-state index is 0.189. The number of anilines is 1. The number of hydrogen-bond acceptors (Lipinski definition) is 4. The molecule has 5 nitrogen and oxygen atoms in total. The van der Waals surface area contributed by atoms with E-state index < -0.39 is 0 Å². The van der Waals surface area contributed by atoms with Crippen molar-refractivity contribution in [3.05, 3.63) is 46.8 Å². The Hall–Kier alpha value is -2.01. The zero-order chi connectivity index (χ0) is 15.5. The molecule has 3 rings (SSSR count). The molecule has 1 aliphatic heterocycles. The van der Waals surface area contributed by atoms with Crippen LogP contribution in [0.3, 0.4) is 0 Å². The average molecular weight is 320 g/mol. The Bertz CT molecular complexity index is 657. The maximum atomic E-state index is 11.8. The van der Waals surface area contributed by atoms with Crippen LogP contribution in [0.15, 0.2) is 35.1 Å². The fraction of sp³-hybridized carbons (Fsp3) is 0.375. The Morgan fingerprint density at radius 2 is 2.36 bits per heavy atom. The van der Waals surface area contributed by atoms with Crippen LogP contribution < -0.4 is 10.2 Å². The molecule has 0 saturated carbocycles. The smallest absolute Gasteiger partial charge is 0.273 e. The first-order valence-corrected chi connectivity index (χ1v) is 7.71. The van der Waals surface area contributed by atoms with Gasteiger partial charge in [0.1, 0.15) is 6.26 Å². The second-order valence-electron chi connectivity index (χ2n) is 5.63. The first kappa shape index (κ1) is 14.9. The Balaban J connectivity index is 1.56. The fourth-order valence-corrected chi connectivity index (χ4v) is 2.96. The highest BCUT2D eigenvalue weighted by Gasteiger charge is 2.24. The molecule has 1 aromatic heterocycles. The summed E-state index contributed by atoms with van der Waals surface area (Å²) in [5.74, 6) is 0.236. The largest absolute Gasteiger partial charge is 0.371 e. The van der Waals surface area contributed by atoms with Crippen LogP contribution in [0.5, 0.6) is 0 Å². The quantitative estimate of drug-likeness (QED) is 0.941. The summed E-state index contributed by atoms with van der Waals surface area (Å²) in [6, 6.07) is 7.52. The molecule has 0 unspecified atom stereocenters. The molecule has 2 aromatic rings. The van der Waals surface area contributed by atoms with Crippen LogP contribution in [0.25, 0.3) is 0 Å². The summed E-state index contributed by atoms with van der Waals surface area (Å²) in [5.41, 5.74) is 2.72. The lowest BCUT2D eigenvalue weighted by atomic mass is 10.1. The maximum absolute atomic E-state index is 11.8. The van der Waals surface area contributed by atoms with Gasteiger partial charge in [0.2, 0.25) is 0 Å². The van der Waals surface area contributed by atoms with Crippen LogP contribution in [0.1, 0.15) is 22.5 Å². The summed E-state index contributed by atoms with van der Waals surface area (Å²) in [5, 5.41) is 7.30. The van der Waals surface area contributed by atoms with Crippen molar-refractivity contribution in [1.82, 2.24) is 10.5 Å². The zero-order valence-electron chi connectivity index (χ0n) is 12.4. The van der Waals surface area contributed by atoms with Gasteiger partial charge in [-0.3, -0.25) is 4.79 Å². The first-order valence-electron chi connectivity index (χ1n) is 7.33. The van der Waals surface area contributed by atoms with E-state index in [9.17, 15) is 4.79 Å². The van der Waals surface area contributed by atoms with E-state index in [0.29, 0.717) is 18.2 Å². The van der Waals surface area contributed by atoms with Gasteiger partial charge in [-0.15, -0.1) is 0 Å². The monoisotopic (exact) mass is 319 g/mol. The third-order valence-corrected chi connectivity index (χ3v) is 4.25. The standard InChI is InChI=1S/C16H18ClN3O2/c1-11-2-3-13(17)8-15(11)20-6-4-12(10-20)9-18-16(21)14-5-7-22-19-14/h2-3,5,7-8,12H,4,6,9-10H2,1H3,(H,18,21)/t12-/m0/s1. The molecular formula is C16H18ClN3O2. The van der Waals surface area contributed by atoms with Crippen molar-refractivity contribution in [3.63, 3.8) is 0 Å². The average Bonchev–Trinajstić information content (AvgIpc) is 3.18. The van der Waals surface area contributed by atoms with Gasteiger partial charge in [-0.2, -0.15) is 0 Å². The van der Waals surface area contributed by atoms with E-state index in [1.165, 1.54) is 17.5 Å². The van der Waals surface area contributed by atoms with Gasteiger partial charge in [-0.05, 0) is 37.0 Å². The number of carbonyl (C=O) groups excluding carboxylic acids is 1. The summed E-state index contributed by atoms with van der Waals surface area (Å²) in [7, 11) is 0. The van der Waals surface area contributed by atoms with Crippen molar-refractivity contribution in [2.24, 2.45) is 5.92 Å². The van der Waals surface area contributed by atoms with Gasteiger partial charge >= 0.3 is 0 Å². The molecule has 0 spiro atoms. The highest BCUT2D eigenvalue weighted by atomic mass is 35.5. The number of rotatable bonds is 4. The van der Waals surface area contributed by atoms with Gasteiger partial charge in [0, 0.05) is 36.4 Å². The van der Waals surface area contributed by atoms with Crippen LogP contribution in [0, 0.1) is 12.8 Å². The van der Waals surface area contributed by atoms with Crippen molar-refractivity contribution < 1.29 is 9.32 Å². The van der Waals surface area contributed by atoms with E-state index in [1.807, 2.05) is 18.2 Å². The molecule has 116 valence electrons. The molecule has 1 aromatic carbocycles. The summed E-state index contributed by atoms with van der Waals surface area (Å²) < 4.78 is 4.68. The minimum atomic E-state index is -0.189. The lowest BCUT2D eigenvalue weighted by Crippen LogP contribution is -2.31. The van der Waals surface area contributed by atoms with E-state index in [1.54, 1.807) is 6.07 Å². The molecule has 1 fully saturated rings. The Labute approximate surface area is 134 Å². The predicted molar refractivity (Wildman–Crippen MR) is 85.3 cm³/mol. The minimum Gasteiger partial charge on any atom is -0.371 e. The first-order chi connectivity index (χ1) is 10.6. The Morgan fingerprint density at radius 3 is 3.14 bits per heavy atom. The molecule has 0 radical (unpaired) electrons. The van der Waals surface area contributed by atoms with Crippen molar-refractivity contribution in [2.75, 3.05) is 24.5 Å². The lowest BCUT2D eigenvalue weighted by Gasteiger charge is -2.21. The summed E-state index contributed by atoms with van der Waals surface area (Å²) in [6.07, 6.45) is 2.44. The Kier molecular flexibility index (Phi) is 4.34. The van der Waals surface area contributed by atoms with Crippen molar-refractivity contribution in [2.45, 2.75) is 13.3 Å². The highest BCUT2D eigenvalue weighted by Crippen LogP contribution is 2.29. The SMILES string of the molecule is Cc1ccc(Cl)cc1N1CC[C@@H](CNC(=O)c2ccon2)C1. The van der Waals surface area contributed by atoms with Crippen LogP contribution in [0.2, 0.25) is 5.02 Å². The topological polar surface area (TPSA) is 58.4 Å². The summed E-state index contributed by atoms with van der Waals surface area (Å²) >= 11 is 6.09. The van der Waals surface area contributed by atoms with E-state index in [4.69, 9.17) is 11.6 Å². The maximum Gasteiger partial charge on any atom is 0.273 e. The van der Waals surface area contributed by atoms with Crippen molar-refractivity contribution in [1.29, 1.82) is 0 Å². The van der Waals surface area contributed by atoms with E-state index in [0.717, 1.165) is 24.5 Å². The number of benzene rings is 1. The number of carbonyl (C=O) groups is 1. The number of amides is 1. The van der Waals surface area contributed by atoms with Crippen molar-refractivity contribution in [3.8, 4) is 0 Å². The lowest BCUT2D eigenvalue weighted by molar-refractivity contribution is 0.0939. The second-order valence-corrected chi connectivity index (χ2v) is 6.06. The molecule has 6 heteroatoms. The highest BCUT2D eigenvalue weighted by molar-refractivity contribution is 6.30. The third-order valence-electron chi connectivity index (χ3n) is 4.02. The zero-order valence-corrected chi connectivity index (χ0v) is 13.1. The number of nitrogens with one attached hydrogen (secondary N) is 1. The second kappa shape index (κ2) is 6.40. The van der Waals surface area contributed by atoms with Gasteiger partial charge < -0.3 is 14.7 Å². The van der Waals surface area contributed by atoms with E-state index in [2.05, 4.69) is 26.8 Å². The predicted octanol–water partition coefficient (Wildman–Crippen LogP) is 2.89. The molecule has 1 aliphatic rings. The Morgan fingerprint density at radius 1 is 1.50 bits per heavy atom. The molecule has 1 N–H and O–H groups in total. The number of aryl methyl sites for hydroxylation is 1. The summed E-state index contributed by atoms with van der Waals surface area (Å²) in [6.45, 7) is 4.62. The van der Waals surface area contributed by atoms with Gasteiger partial charge in [0.05, 0.1) is 0 Å². The van der Waals surface area contributed by atoms with Crippen LogP contribution >= 0.6 is 11.6 Å². The number of halogens is 1. The molecule has 1 atom stereocenters. The molecule has 1 amide bonds. The third kappa shape index (κ3) is 3.25. The molecule has 22 heavy (non-hydrogen) atoms. The normalized spacial score (nSPS) is 17.7. The number of hydrogen-bond donors (Lipinski definition) is 1. The summed E-state index contributed by atoms with van der Waals surface area (Å²) in [4.78, 5) is 14.2. The molecule has 2 heterocycles. The van der Waals surface area contributed by atoms with Crippen LogP contribution in [-0.4, -0.2) is 30.7 Å². The van der Waals surface area contributed by atoms with Gasteiger partial charge in [-0.25, -0.2) is 0 Å².